The summed E-state index contributed by atoms with van der Waals surface area (Å²) in [5.41, 5.74) is 0.941. The molecule has 154 valence electrons. The number of amides is 1. The standard InChI is InChI=1S/C23H29NO4Si/c1-15-21(29(3,4)17-11-9-16(27-2)10-12-17)20(13-14-25)28-23(15)18-7-5-6-8-19(18)24-22(23)26/h5-12,15,20-21,25H,13-14H2,1-4H3,(H,24,26)/t15-,20+,21-,23+/m1/s1. The third kappa shape index (κ3) is 2.93. The summed E-state index contributed by atoms with van der Waals surface area (Å²) in [6, 6.07) is 16.1. The lowest BCUT2D eigenvalue weighted by atomic mass is 9.82. The Bertz CT molecular complexity index is 913. The Morgan fingerprint density at radius 3 is 2.52 bits per heavy atom. The SMILES string of the molecule is COc1ccc([Si](C)(C)[C@H]2[C@H](CCO)O[C@@]3(C(=O)Nc4ccccc43)[C@@H]2C)cc1. The van der Waals surface area contributed by atoms with Crippen molar-refractivity contribution in [1.82, 2.24) is 0 Å². The summed E-state index contributed by atoms with van der Waals surface area (Å²) in [7, 11) is -0.393. The van der Waals surface area contributed by atoms with Crippen LogP contribution in [0.2, 0.25) is 18.6 Å². The van der Waals surface area contributed by atoms with E-state index in [2.05, 4.69) is 37.5 Å². The Morgan fingerprint density at radius 1 is 1.17 bits per heavy atom. The lowest BCUT2D eigenvalue weighted by molar-refractivity contribution is -0.143. The van der Waals surface area contributed by atoms with E-state index in [0.29, 0.717) is 6.42 Å². The predicted octanol–water partition coefficient (Wildman–Crippen LogP) is 3.25. The molecule has 2 N–H and O–H groups in total. The van der Waals surface area contributed by atoms with Crippen LogP contribution in [0.1, 0.15) is 18.9 Å². The zero-order chi connectivity index (χ0) is 20.8. The van der Waals surface area contributed by atoms with E-state index in [1.807, 2.05) is 36.4 Å². The van der Waals surface area contributed by atoms with Crippen LogP contribution in [0.5, 0.6) is 5.75 Å². The van der Waals surface area contributed by atoms with Crippen molar-refractivity contribution in [3.8, 4) is 5.75 Å². The number of ether oxygens (including phenoxy) is 2. The van der Waals surface area contributed by atoms with Gasteiger partial charge in [-0.1, -0.05) is 55.5 Å². The van der Waals surface area contributed by atoms with Crippen molar-refractivity contribution >= 4 is 24.9 Å². The highest BCUT2D eigenvalue weighted by Gasteiger charge is 2.64. The average molecular weight is 412 g/mol. The average Bonchev–Trinajstić information content (AvgIpc) is 3.17. The fourth-order valence-corrected chi connectivity index (χ4v) is 9.54. The third-order valence-electron chi connectivity index (χ3n) is 6.91. The Kier molecular flexibility index (Phi) is 5.05. The molecule has 1 amide bonds. The van der Waals surface area contributed by atoms with Crippen molar-refractivity contribution in [3.05, 3.63) is 54.1 Å². The Morgan fingerprint density at radius 2 is 1.86 bits per heavy atom. The highest BCUT2D eigenvalue weighted by Crippen LogP contribution is 2.58. The molecule has 0 radical (unpaired) electrons. The second kappa shape index (κ2) is 7.27. The lowest BCUT2D eigenvalue weighted by Gasteiger charge is -2.37. The molecule has 2 aromatic carbocycles. The fourth-order valence-electron chi connectivity index (χ4n) is 5.49. The van der Waals surface area contributed by atoms with Crippen LogP contribution in [0.25, 0.3) is 0 Å². The summed E-state index contributed by atoms with van der Waals surface area (Å²) in [6.45, 7) is 6.85. The van der Waals surface area contributed by atoms with E-state index >= 15 is 0 Å². The van der Waals surface area contributed by atoms with Crippen molar-refractivity contribution in [2.24, 2.45) is 5.92 Å². The van der Waals surface area contributed by atoms with Crippen LogP contribution in [0.3, 0.4) is 0 Å². The number of aliphatic hydroxyl groups excluding tert-OH is 1. The first-order valence-electron chi connectivity index (χ1n) is 10.2. The molecule has 2 aromatic rings. The summed E-state index contributed by atoms with van der Waals surface area (Å²) in [4.78, 5) is 13.2. The van der Waals surface area contributed by atoms with Crippen LogP contribution in [-0.4, -0.2) is 38.9 Å². The van der Waals surface area contributed by atoms with Gasteiger partial charge in [0.2, 0.25) is 0 Å². The molecule has 4 atom stereocenters. The van der Waals surface area contributed by atoms with Gasteiger partial charge in [0.15, 0.2) is 5.60 Å². The highest BCUT2D eigenvalue weighted by molar-refractivity contribution is 6.91. The number of hydrogen-bond acceptors (Lipinski definition) is 4. The van der Waals surface area contributed by atoms with E-state index in [0.717, 1.165) is 17.0 Å². The number of aliphatic hydroxyl groups is 1. The molecule has 2 aliphatic heterocycles. The lowest BCUT2D eigenvalue weighted by Crippen LogP contribution is -2.51. The molecule has 1 spiro atoms. The molecule has 0 aliphatic carbocycles. The van der Waals surface area contributed by atoms with Crippen molar-refractivity contribution in [2.45, 2.75) is 43.7 Å². The van der Waals surface area contributed by atoms with E-state index in [1.54, 1.807) is 7.11 Å². The smallest absolute Gasteiger partial charge is 0.261 e. The van der Waals surface area contributed by atoms with Gasteiger partial charge in [-0.2, -0.15) is 0 Å². The minimum Gasteiger partial charge on any atom is -0.497 e. The number of rotatable bonds is 5. The number of hydrogen-bond donors (Lipinski definition) is 2. The maximum absolute atomic E-state index is 13.2. The number of anilines is 1. The third-order valence-corrected chi connectivity index (χ3v) is 11.3. The summed E-state index contributed by atoms with van der Waals surface area (Å²) >= 11 is 0. The molecule has 0 unspecified atom stereocenters. The molecule has 4 rings (SSSR count). The second-order valence-corrected chi connectivity index (χ2v) is 13.4. The normalized spacial score (nSPS) is 28.4. The number of carbonyl (C=O) groups excluding carboxylic acids is 1. The molecule has 6 heteroatoms. The maximum atomic E-state index is 13.2. The molecule has 0 aromatic heterocycles. The predicted molar refractivity (Wildman–Crippen MR) is 116 cm³/mol. The zero-order valence-corrected chi connectivity index (χ0v) is 18.4. The van der Waals surface area contributed by atoms with Gasteiger partial charge in [0.25, 0.3) is 5.91 Å². The Balaban J connectivity index is 1.79. The number of para-hydroxylation sites is 1. The molecule has 1 saturated heterocycles. The summed E-state index contributed by atoms with van der Waals surface area (Å²) in [6.07, 6.45) is 0.356. The molecule has 5 nitrogen and oxygen atoms in total. The van der Waals surface area contributed by atoms with Crippen molar-refractivity contribution in [1.29, 1.82) is 0 Å². The van der Waals surface area contributed by atoms with E-state index in [-0.39, 0.29) is 30.1 Å². The van der Waals surface area contributed by atoms with Crippen LogP contribution in [0.15, 0.2) is 48.5 Å². The molecular weight excluding hydrogens is 382 g/mol. The topological polar surface area (TPSA) is 67.8 Å². The fraction of sp³-hybridized carbons (Fsp3) is 0.435. The van der Waals surface area contributed by atoms with Gasteiger partial charge in [-0.3, -0.25) is 4.79 Å². The van der Waals surface area contributed by atoms with Gasteiger partial charge in [-0.25, -0.2) is 0 Å². The minimum absolute atomic E-state index is 0.00790. The first kappa shape index (κ1) is 20.1. The monoisotopic (exact) mass is 411 g/mol. The largest absolute Gasteiger partial charge is 0.497 e. The van der Waals surface area contributed by atoms with E-state index < -0.39 is 13.7 Å². The number of carbonyl (C=O) groups is 1. The van der Waals surface area contributed by atoms with E-state index in [9.17, 15) is 9.90 Å². The van der Waals surface area contributed by atoms with Gasteiger partial charge in [-0.15, -0.1) is 0 Å². The van der Waals surface area contributed by atoms with Gasteiger partial charge < -0.3 is 19.9 Å². The zero-order valence-electron chi connectivity index (χ0n) is 17.4. The maximum Gasteiger partial charge on any atom is 0.261 e. The summed E-state index contributed by atoms with van der Waals surface area (Å²) < 4.78 is 11.9. The molecular formula is C23H29NO4Si. The van der Waals surface area contributed by atoms with Crippen LogP contribution >= 0.6 is 0 Å². The van der Waals surface area contributed by atoms with E-state index in [1.165, 1.54) is 5.19 Å². The minimum atomic E-state index is -2.06. The first-order valence-corrected chi connectivity index (χ1v) is 13.3. The molecule has 2 aliphatic rings. The first-order chi connectivity index (χ1) is 13.9. The summed E-state index contributed by atoms with van der Waals surface area (Å²) in [5, 5.41) is 14.1. The number of methoxy groups -OCH3 is 1. The highest BCUT2D eigenvalue weighted by atomic mass is 28.3. The molecule has 0 bridgehead atoms. The molecule has 29 heavy (non-hydrogen) atoms. The van der Waals surface area contributed by atoms with Gasteiger partial charge in [0, 0.05) is 23.8 Å². The van der Waals surface area contributed by atoms with Crippen molar-refractivity contribution < 1.29 is 19.4 Å². The quantitative estimate of drug-likeness (QED) is 0.741. The van der Waals surface area contributed by atoms with Gasteiger partial charge >= 0.3 is 0 Å². The second-order valence-electron chi connectivity index (χ2n) is 8.67. The Labute approximate surface area is 173 Å². The summed E-state index contributed by atoms with van der Waals surface area (Å²) in [5.74, 6) is 0.740. The van der Waals surface area contributed by atoms with Gasteiger partial charge in [0.05, 0.1) is 21.3 Å². The van der Waals surface area contributed by atoms with Crippen LogP contribution in [0.4, 0.5) is 5.69 Å². The molecule has 2 heterocycles. The van der Waals surface area contributed by atoms with Gasteiger partial charge in [0.1, 0.15) is 5.75 Å². The van der Waals surface area contributed by atoms with Crippen molar-refractivity contribution in [2.75, 3.05) is 19.0 Å². The number of benzene rings is 2. The van der Waals surface area contributed by atoms with Crippen molar-refractivity contribution in [3.63, 3.8) is 0 Å². The van der Waals surface area contributed by atoms with Gasteiger partial charge in [-0.05, 0) is 30.2 Å². The van der Waals surface area contributed by atoms with E-state index in [4.69, 9.17) is 9.47 Å². The molecule has 0 saturated carbocycles. The number of nitrogens with one attached hydrogen (secondary N) is 1. The van der Waals surface area contributed by atoms with Crippen LogP contribution < -0.4 is 15.2 Å². The van der Waals surface area contributed by atoms with Crippen LogP contribution in [0, 0.1) is 5.92 Å². The number of fused-ring (bicyclic) bond motifs is 2. The Hall–Kier alpha value is -2.15. The molecule has 1 fully saturated rings. The van der Waals surface area contributed by atoms with Crippen LogP contribution in [-0.2, 0) is 15.1 Å².